The van der Waals surface area contributed by atoms with E-state index >= 15 is 0 Å². The normalized spacial score (nSPS) is 7.27. The maximum absolute atomic E-state index is 8.52. The monoisotopic (exact) mass is 378 g/mol. The van der Waals surface area contributed by atoms with Gasteiger partial charge in [0.05, 0.1) is 0 Å². The van der Waals surface area contributed by atoms with Gasteiger partial charge in [-0.25, -0.2) is 0 Å². The molecule has 0 saturated carbocycles. The molecule has 8 nitrogen and oxygen atoms in total. The zero-order valence-corrected chi connectivity index (χ0v) is 8.49. The Bertz CT molecular complexity index is 106. The maximum Gasteiger partial charge on any atom is 2.00 e. The van der Waals surface area contributed by atoms with Crippen molar-refractivity contribution >= 4 is 10.4 Å². The zero-order valence-electron chi connectivity index (χ0n) is 4.57. The minimum Gasteiger partial charge on any atom is 2.00 e. The third-order valence-electron chi connectivity index (χ3n) is 0. The predicted octanol–water partition coefficient (Wildman–Crippen LogP) is -4.11. The smallest absolute Gasteiger partial charge is 2.00 e. The van der Waals surface area contributed by atoms with E-state index in [-0.39, 0.29) is 31.4 Å². The molecule has 0 bridgehead atoms. The Morgan fingerprint density at radius 1 is 1.09 bits per heavy atom. The summed E-state index contributed by atoms with van der Waals surface area (Å²) in [7, 11) is -5.17. The fraction of sp³-hybridized carbons (Fsp3) is 0. The van der Waals surface area contributed by atoms with Crippen molar-refractivity contribution in [2.24, 2.45) is 0 Å². The molecule has 0 unspecified atom stereocenters. The zero-order chi connectivity index (χ0) is 7.21. The van der Waals surface area contributed by atoms with E-state index in [1.54, 1.807) is 0 Å². The van der Waals surface area contributed by atoms with Gasteiger partial charge in [-0.05, 0) is 0 Å². The van der Waals surface area contributed by atoms with Crippen LogP contribution in [0.3, 0.4) is 0 Å². The molecule has 0 atom stereocenters. The third-order valence-corrected chi connectivity index (χ3v) is 0. The van der Waals surface area contributed by atoms with E-state index in [0.717, 1.165) is 0 Å². The molecular formula is H6O8Pd2S. The Morgan fingerprint density at radius 2 is 1.09 bits per heavy atom. The van der Waals surface area contributed by atoms with E-state index < -0.39 is 29.1 Å². The first-order valence-corrected chi connectivity index (χ1v) is 3.67. The number of rotatable bonds is 0. The van der Waals surface area contributed by atoms with E-state index in [1.807, 2.05) is 0 Å². The third kappa shape index (κ3) is 841. The molecule has 0 saturated heterocycles. The van der Waals surface area contributed by atoms with Crippen LogP contribution in [-0.2, 0) is 49.5 Å². The number of hydrogen-bond acceptors (Lipinski definition) is 6. The van der Waals surface area contributed by atoms with E-state index in [0.29, 0.717) is 0 Å². The van der Waals surface area contributed by atoms with E-state index in [4.69, 9.17) is 25.2 Å². The van der Waals surface area contributed by atoms with Gasteiger partial charge in [0.2, 0.25) is 0 Å². The van der Waals surface area contributed by atoms with Crippen molar-refractivity contribution in [2.75, 3.05) is 0 Å². The van der Waals surface area contributed by atoms with Gasteiger partial charge in [0.25, 0.3) is 0 Å². The Balaban J connectivity index is -0.0000000183. The maximum atomic E-state index is 8.52. The van der Waals surface area contributed by atoms with Gasteiger partial charge in [-0.15, -0.1) is 0 Å². The van der Waals surface area contributed by atoms with Crippen LogP contribution in [0.25, 0.3) is 0 Å². The number of hydrogen-bond donors (Lipinski definition) is 2. The molecular weight excluding hydrogens is 373 g/mol. The molecule has 0 aliphatic rings. The van der Waals surface area contributed by atoms with Crippen molar-refractivity contribution in [1.82, 2.24) is 0 Å². The van der Waals surface area contributed by atoms with Crippen LogP contribution in [0.4, 0.5) is 0 Å². The summed E-state index contributed by atoms with van der Waals surface area (Å²) in [5.74, 6) is 0. The van der Waals surface area contributed by atoms with Gasteiger partial charge in [0, 0.05) is 10.4 Å². The molecule has 0 rings (SSSR count). The second-order valence-electron chi connectivity index (χ2n) is 0.471. The summed E-state index contributed by atoms with van der Waals surface area (Å²) >= 11 is -1.05. The van der Waals surface area contributed by atoms with Crippen molar-refractivity contribution in [1.29, 1.82) is 0 Å². The standard InChI is InChI=1S/H2O4S.4H2O.2Pd/c1-5(2,3)4;;;;;;/h(H2,1,2,3,4);4*1H2;;/q;;;;;2*+2/p-4. The first kappa shape index (κ1) is 29.6. The summed E-state index contributed by atoms with van der Waals surface area (Å²) in [4.78, 5) is 0. The van der Waals surface area contributed by atoms with Gasteiger partial charge in [-0.3, -0.25) is 8.42 Å². The molecule has 0 radical (unpaired) electrons. The minimum absolute atomic E-state index is 0. The van der Waals surface area contributed by atoms with Crippen molar-refractivity contribution in [3.05, 3.63) is 0 Å². The summed E-state index contributed by atoms with van der Waals surface area (Å²) < 4.78 is 48.4. The van der Waals surface area contributed by atoms with Crippen molar-refractivity contribution in [3.8, 4) is 0 Å². The Labute approximate surface area is 85.5 Å². The second-order valence-corrected chi connectivity index (χ2v) is 1.60. The summed E-state index contributed by atoms with van der Waals surface area (Å²) in [5, 5.41) is 0. The molecule has 6 N–H and O–H groups in total. The molecule has 11 heteroatoms. The van der Waals surface area contributed by atoms with Gasteiger partial charge in [-0.2, -0.15) is 0 Å². The fourth-order valence-electron chi connectivity index (χ4n) is 0. The van der Waals surface area contributed by atoms with Crippen LogP contribution in [0.1, 0.15) is 0 Å². The molecule has 80 valence electrons. The van der Waals surface area contributed by atoms with E-state index in [2.05, 4.69) is 0 Å². The molecule has 0 heterocycles. The van der Waals surface area contributed by atoms with Crippen molar-refractivity contribution < 1.29 is 75.3 Å². The molecule has 0 aromatic rings. The van der Waals surface area contributed by atoms with Crippen LogP contribution in [0.15, 0.2) is 0 Å². The Kier molecular flexibility index (Phi) is 46.3. The molecule has 0 fully saturated rings. The first-order chi connectivity index (χ1) is 3.41. The molecule has 0 aromatic heterocycles. The van der Waals surface area contributed by atoms with Gasteiger partial charge >= 0.3 is 46.8 Å². The van der Waals surface area contributed by atoms with E-state index in [1.165, 1.54) is 0 Å². The van der Waals surface area contributed by atoms with Crippen LogP contribution in [0, 0.1) is 0 Å². The van der Waals surface area contributed by atoms with Crippen LogP contribution in [0.5, 0.6) is 0 Å². The molecule has 11 heavy (non-hydrogen) atoms. The molecule has 0 aliphatic heterocycles. The Morgan fingerprint density at radius 3 is 1.09 bits per heavy atom. The van der Waals surface area contributed by atoms with Crippen LogP contribution in [0.2, 0.25) is 0 Å². The molecule has 0 aromatic carbocycles. The topological polar surface area (TPSA) is 184 Å². The first-order valence-electron chi connectivity index (χ1n) is 0.950. The van der Waals surface area contributed by atoms with E-state index in [9.17, 15) is 0 Å². The summed E-state index contributed by atoms with van der Waals surface area (Å²) in [6.07, 6.45) is 0. The molecule has 0 amide bonds. The molecule has 0 aliphatic carbocycles. The van der Waals surface area contributed by atoms with Gasteiger partial charge < -0.3 is 20.1 Å². The Hall–Kier alpha value is 1.03. The predicted molar refractivity (Wildman–Crippen MR) is 22.1 cm³/mol. The molecule has 0 spiro atoms. The summed E-state index contributed by atoms with van der Waals surface area (Å²) in [5.41, 5.74) is 0. The van der Waals surface area contributed by atoms with Crippen molar-refractivity contribution in [2.45, 2.75) is 0 Å². The van der Waals surface area contributed by atoms with Gasteiger partial charge in [-0.1, -0.05) is 0 Å². The van der Waals surface area contributed by atoms with Crippen LogP contribution >= 0.6 is 0 Å². The quantitative estimate of drug-likeness (QED) is 0.245. The average molecular weight is 379 g/mol. The summed E-state index contributed by atoms with van der Waals surface area (Å²) in [6.45, 7) is 0. The van der Waals surface area contributed by atoms with Crippen LogP contribution in [-0.4, -0.2) is 36.1 Å². The SMILES string of the molecule is O.O.O=S(=O)([O-])[O-].[OH][Pd][OH].[Pd+2]. The average Bonchev–Trinajstić information content (AvgIpc) is 1.27. The van der Waals surface area contributed by atoms with Crippen molar-refractivity contribution in [3.63, 3.8) is 0 Å². The van der Waals surface area contributed by atoms with Crippen LogP contribution < -0.4 is 0 Å². The fourth-order valence-corrected chi connectivity index (χ4v) is 0. The second kappa shape index (κ2) is 17.2. The van der Waals surface area contributed by atoms with Gasteiger partial charge in [0.1, 0.15) is 0 Å². The van der Waals surface area contributed by atoms with Gasteiger partial charge in [0.15, 0.2) is 0 Å². The largest absolute Gasteiger partial charge is 2.00 e. The summed E-state index contributed by atoms with van der Waals surface area (Å²) in [6, 6.07) is 0. The minimum atomic E-state index is -5.17.